The van der Waals surface area contributed by atoms with E-state index >= 15 is 0 Å². The number of benzene rings is 1. The van der Waals surface area contributed by atoms with Crippen LogP contribution in [0, 0.1) is 0 Å². The highest BCUT2D eigenvalue weighted by Crippen LogP contribution is 2.23. The normalized spacial score (nSPS) is 14.5. The highest BCUT2D eigenvalue weighted by Gasteiger charge is 2.18. The van der Waals surface area contributed by atoms with Gasteiger partial charge in [0.2, 0.25) is 0 Å². The van der Waals surface area contributed by atoms with Crippen LogP contribution in [0.1, 0.15) is 0 Å². The van der Waals surface area contributed by atoms with Crippen LogP contribution in [0.5, 0.6) is 5.75 Å². The molecule has 0 aliphatic carbocycles. The fraction of sp³-hybridized carbons (Fsp3) is 0.278. The average Bonchev–Trinajstić information content (AvgIpc) is 3.14. The lowest BCUT2D eigenvalue weighted by atomic mass is 10.2. The van der Waals surface area contributed by atoms with Gasteiger partial charge in [-0.15, -0.1) is 0 Å². The van der Waals surface area contributed by atoms with Crippen molar-refractivity contribution in [2.24, 2.45) is 0 Å². The average molecular weight is 352 g/mol. The topological polar surface area (TPSA) is 79.3 Å². The Morgan fingerprint density at radius 3 is 2.50 bits per heavy atom. The summed E-state index contributed by atoms with van der Waals surface area (Å²) < 4.78 is 6.74. The SMILES string of the molecule is COc1cccc(N2CCN(c3ccc(-n4cn[nH]c4=O)cn3)CC2)c1. The zero-order valence-electron chi connectivity index (χ0n) is 14.5. The maximum atomic E-state index is 11.6. The highest BCUT2D eigenvalue weighted by molar-refractivity contribution is 5.53. The van der Waals surface area contributed by atoms with E-state index in [1.807, 2.05) is 24.3 Å². The largest absolute Gasteiger partial charge is 0.497 e. The number of pyridine rings is 1. The number of rotatable bonds is 4. The number of H-pyrrole nitrogens is 1. The summed E-state index contributed by atoms with van der Waals surface area (Å²) >= 11 is 0. The first-order chi connectivity index (χ1) is 12.7. The van der Waals surface area contributed by atoms with E-state index in [9.17, 15) is 4.79 Å². The van der Waals surface area contributed by atoms with Gasteiger partial charge < -0.3 is 14.5 Å². The van der Waals surface area contributed by atoms with Gasteiger partial charge >= 0.3 is 5.69 Å². The molecule has 0 amide bonds. The monoisotopic (exact) mass is 352 g/mol. The summed E-state index contributed by atoms with van der Waals surface area (Å²) in [7, 11) is 1.68. The van der Waals surface area contributed by atoms with E-state index in [0.29, 0.717) is 5.69 Å². The van der Waals surface area contributed by atoms with Gasteiger partial charge in [-0.3, -0.25) is 0 Å². The van der Waals surface area contributed by atoms with Crippen molar-refractivity contribution in [3.05, 3.63) is 59.4 Å². The quantitative estimate of drug-likeness (QED) is 0.762. The minimum Gasteiger partial charge on any atom is -0.497 e. The molecular weight excluding hydrogens is 332 g/mol. The molecule has 0 atom stereocenters. The minimum absolute atomic E-state index is 0.272. The number of piperazine rings is 1. The van der Waals surface area contributed by atoms with Crippen LogP contribution in [-0.2, 0) is 0 Å². The van der Waals surface area contributed by atoms with Crippen molar-refractivity contribution in [2.75, 3.05) is 43.1 Å². The van der Waals surface area contributed by atoms with E-state index < -0.39 is 0 Å². The Hall–Kier alpha value is -3.29. The molecule has 1 N–H and O–H groups in total. The molecule has 2 aromatic heterocycles. The number of hydrogen-bond donors (Lipinski definition) is 1. The fourth-order valence-corrected chi connectivity index (χ4v) is 3.14. The van der Waals surface area contributed by atoms with E-state index in [-0.39, 0.29) is 5.69 Å². The van der Waals surface area contributed by atoms with Gasteiger partial charge in [-0.05, 0) is 24.3 Å². The summed E-state index contributed by atoms with van der Waals surface area (Å²) in [6.07, 6.45) is 3.15. The molecule has 0 unspecified atom stereocenters. The number of anilines is 2. The van der Waals surface area contributed by atoms with Gasteiger partial charge in [0.1, 0.15) is 17.9 Å². The Labute approximate surface area is 150 Å². The Morgan fingerprint density at radius 1 is 1.04 bits per heavy atom. The molecule has 3 heterocycles. The van der Waals surface area contributed by atoms with Gasteiger partial charge in [0.05, 0.1) is 19.0 Å². The van der Waals surface area contributed by atoms with Crippen LogP contribution in [0.3, 0.4) is 0 Å². The van der Waals surface area contributed by atoms with Gasteiger partial charge in [0, 0.05) is 37.9 Å². The molecule has 26 heavy (non-hydrogen) atoms. The number of nitrogens with zero attached hydrogens (tertiary/aromatic N) is 5. The van der Waals surface area contributed by atoms with Crippen molar-refractivity contribution >= 4 is 11.5 Å². The third-order valence-electron chi connectivity index (χ3n) is 4.58. The van der Waals surface area contributed by atoms with Gasteiger partial charge in [-0.2, -0.15) is 5.10 Å². The van der Waals surface area contributed by atoms with Crippen molar-refractivity contribution < 1.29 is 4.74 Å². The second kappa shape index (κ2) is 6.91. The number of aromatic nitrogens is 4. The smallest absolute Gasteiger partial charge is 0.347 e. The van der Waals surface area contributed by atoms with E-state index in [0.717, 1.165) is 37.7 Å². The Balaban J connectivity index is 1.43. The van der Waals surface area contributed by atoms with E-state index in [1.54, 1.807) is 13.3 Å². The van der Waals surface area contributed by atoms with Crippen LogP contribution in [-0.4, -0.2) is 53.0 Å². The highest BCUT2D eigenvalue weighted by atomic mass is 16.5. The van der Waals surface area contributed by atoms with Crippen LogP contribution in [0.2, 0.25) is 0 Å². The molecule has 1 saturated heterocycles. The van der Waals surface area contributed by atoms with E-state index in [4.69, 9.17) is 4.74 Å². The number of nitrogens with one attached hydrogen (secondary N) is 1. The molecule has 1 aromatic carbocycles. The first-order valence-corrected chi connectivity index (χ1v) is 8.47. The Kier molecular flexibility index (Phi) is 4.30. The molecule has 4 rings (SSSR count). The maximum Gasteiger partial charge on any atom is 0.347 e. The van der Waals surface area contributed by atoms with Crippen molar-refractivity contribution in [1.82, 2.24) is 19.7 Å². The first-order valence-electron chi connectivity index (χ1n) is 8.47. The number of aromatic amines is 1. The molecule has 0 saturated carbocycles. The zero-order valence-corrected chi connectivity index (χ0v) is 14.5. The number of methoxy groups -OCH3 is 1. The third-order valence-corrected chi connectivity index (χ3v) is 4.58. The number of ether oxygens (including phenoxy) is 1. The van der Waals surface area contributed by atoms with Crippen LogP contribution >= 0.6 is 0 Å². The predicted octanol–water partition coefficient (Wildman–Crippen LogP) is 1.29. The zero-order chi connectivity index (χ0) is 17.9. The lowest BCUT2D eigenvalue weighted by Gasteiger charge is -2.36. The Bertz CT molecular complexity index is 925. The second-order valence-corrected chi connectivity index (χ2v) is 6.08. The first kappa shape index (κ1) is 16.2. The predicted molar refractivity (Wildman–Crippen MR) is 99.4 cm³/mol. The minimum atomic E-state index is -0.272. The molecular formula is C18H20N6O2. The second-order valence-electron chi connectivity index (χ2n) is 6.08. The standard InChI is InChI=1S/C18H20N6O2/c1-26-16-4-2-3-14(11-16)22-7-9-23(10-8-22)17-6-5-15(12-19-17)24-13-20-21-18(24)25/h2-6,11-13H,7-10H2,1H3,(H,21,25). The number of hydrogen-bond acceptors (Lipinski definition) is 6. The summed E-state index contributed by atoms with van der Waals surface area (Å²) in [5.74, 6) is 1.78. The molecule has 0 radical (unpaired) electrons. The molecule has 8 heteroatoms. The fourth-order valence-electron chi connectivity index (χ4n) is 3.14. The van der Waals surface area contributed by atoms with Crippen molar-refractivity contribution in [1.29, 1.82) is 0 Å². The van der Waals surface area contributed by atoms with Crippen LogP contribution in [0.15, 0.2) is 53.7 Å². The summed E-state index contributed by atoms with van der Waals surface area (Å²) in [6, 6.07) is 12.0. The molecule has 1 aliphatic heterocycles. The molecule has 0 spiro atoms. The van der Waals surface area contributed by atoms with Gasteiger partial charge in [0.15, 0.2) is 0 Å². The van der Waals surface area contributed by atoms with Crippen LogP contribution < -0.4 is 20.2 Å². The Morgan fingerprint density at radius 2 is 1.85 bits per heavy atom. The molecule has 1 aliphatic rings. The lowest BCUT2D eigenvalue weighted by molar-refractivity contribution is 0.414. The van der Waals surface area contributed by atoms with Crippen molar-refractivity contribution in [3.63, 3.8) is 0 Å². The molecule has 0 bridgehead atoms. The molecule has 1 fully saturated rings. The van der Waals surface area contributed by atoms with Crippen molar-refractivity contribution in [3.8, 4) is 11.4 Å². The van der Waals surface area contributed by atoms with E-state index in [1.165, 1.54) is 16.6 Å². The third kappa shape index (κ3) is 3.13. The van der Waals surface area contributed by atoms with Gasteiger partial charge in [0.25, 0.3) is 0 Å². The molecule has 8 nitrogen and oxygen atoms in total. The van der Waals surface area contributed by atoms with Crippen LogP contribution in [0.4, 0.5) is 11.5 Å². The summed E-state index contributed by atoms with van der Waals surface area (Å²) in [6.45, 7) is 3.60. The van der Waals surface area contributed by atoms with Gasteiger partial charge in [-0.1, -0.05) is 6.07 Å². The van der Waals surface area contributed by atoms with E-state index in [2.05, 4.69) is 37.1 Å². The van der Waals surface area contributed by atoms with Crippen LogP contribution in [0.25, 0.3) is 5.69 Å². The summed E-state index contributed by atoms with van der Waals surface area (Å²) in [5.41, 5.74) is 1.60. The molecule has 134 valence electrons. The van der Waals surface area contributed by atoms with Gasteiger partial charge in [-0.25, -0.2) is 19.4 Å². The maximum absolute atomic E-state index is 11.6. The summed E-state index contributed by atoms with van der Waals surface area (Å²) in [4.78, 5) is 20.7. The molecule has 3 aromatic rings. The summed E-state index contributed by atoms with van der Waals surface area (Å²) in [5, 5.41) is 6.11. The van der Waals surface area contributed by atoms with Crippen molar-refractivity contribution in [2.45, 2.75) is 0 Å². The lowest BCUT2D eigenvalue weighted by Crippen LogP contribution is -2.46.